The lowest BCUT2D eigenvalue weighted by atomic mass is 9.88. The summed E-state index contributed by atoms with van der Waals surface area (Å²) in [7, 11) is 1.68. The highest BCUT2D eigenvalue weighted by atomic mass is 16.5. The van der Waals surface area contributed by atoms with E-state index in [9.17, 15) is 5.11 Å². The number of ether oxygens (including phenoxy) is 1. The normalized spacial score (nSPS) is 20.8. The average molecular weight is 190 g/mol. The highest BCUT2D eigenvalue weighted by Gasteiger charge is 2.26. The Balaban J connectivity index is 4.08. The molecule has 0 aliphatic heterocycles. The van der Waals surface area contributed by atoms with Crippen molar-refractivity contribution in [2.75, 3.05) is 13.7 Å². The van der Waals surface area contributed by atoms with Gasteiger partial charge < -0.3 is 14.9 Å². The maximum atomic E-state index is 9.38. The number of hydrogen-bond acceptors (Lipinski definition) is 3. The van der Waals surface area contributed by atoms with Crippen molar-refractivity contribution in [1.82, 2.24) is 0 Å². The molecule has 0 bridgehead atoms. The molecule has 0 aromatic rings. The number of aliphatic hydroxyl groups is 2. The number of hydrogen-bond donors (Lipinski definition) is 2. The monoisotopic (exact) mass is 190 g/mol. The topological polar surface area (TPSA) is 49.7 Å². The predicted molar refractivity (Wildman–Crippen MR) is 52.6 cm³/mol. The Morgan fingerprint density at radius 3 is 2.31 bits per heavy atom. The van der Waals surface area contributed by atoms with Gasteiger partial charge in [0, 0.05) is 7.11 Å². The molecular weight excluding hydrogens is 168 g/mol. The molecule has 0 rings (SSSR count). The highest BCUT2D eigenvalue weighted by molar-refractivity contribution is 4.78. The maximum absolute atomic E-state index is 9.38. The SMILES string of the molecule is CCC(C)(CC(C)C(O)CO)OC. The number of rotatable bonds is 6. The van der Waals surface area contributed by atoms with E-state index >= 15 is 0 Å². The lowest BCUT2D eigenvalue weighted by Gasteiger charge is -2.31. The van der Waals surface area contributed by atoms with E-state index in [1.165, 1.54) is 0 Å². The van der Waals surface area contributed by atoms with Crippen molar-refractivity contribution < 1.29 is 14.9 Å². The van der Waals surface area contributed by atoms with E-state index < -0.39 is 6.10 Å². The van der Waals surface area contributed by atoms with Gasteiger partial charge in [0.1, 0.15) is 0 Å². The average Bonchev–Trinajstić information content (AvgIpc) is 2.16. The predicted octanol–water partition coefficient (Wildman–Crippen LogP) is 1.18. The van der Waals surface area contributed by atoms with E-state index in [1.54, 1.807) is 7.11 Å². The molecule has 0 saturated carbocycles. The molecular formula is C10H22O3. The largest absolute Gasteiger partial charge is 0.394 e. The van der Waals surface area contributed by atoms with Crippen LogP contribution in [-0.4, -0.2) is 35.6 Å². The van der Waals surface area contributed by atoms with Crippen molar-refractivity contribution in [3.63, 3.8) is 0 Å². The van der Waals surface area contributed by atoms with Gasteiger partial charge >= 0.3 is 0 Å². The Morgan fingerprint density at radius 1 is 1.46 bits per heavy atom. The fourth-order valence-corrected chi connectivity index (χ4v) is 1.37. The molecule has 13 heavy (non-hydrogen) atoms. The Morgan fingerprint density at radius 2 is 2.00 bits per heavy atom. The van der Waals surface area contributed by atoms with Gasteiger partial charge in [0.15, 0.2) is 0 Å². The molecule has 0 aromatic carbocycles. The van der Waals surface area contributed by atoms with Crippen LogP contribution in [0.3, 0.4) is 0 Å². The molecule has 3 nitrogen and oxygen atoms in total. The third kappa shape index (κ3) is 4.07. The second kappa shape index (κ2) is 5.58. The Bertz CT molecular complexity index is 132. The van der Waals surface area contributed by atoms with Crippen LogP contribution in [0.1, 0.15) is 33.6 Å². The summed E-state index contributed by atoms with van der Waals surface area (Å²) >= 11 is 0. The van der Waals surface area contributed by atoms with Gasteiger partial charge in [-0.3, -0.25) is 0 Å². The van der Waals surface area contributed by atoms with E-state index in [1.807, 2.05) is 13.8 Å². The van der Waals surface area contributed by atoms with Crippen LogP contribution in [0.5, 0.6) is 0 Å². The van der Waals surface area contributed by atoms with E-state index in [0.717, 1.165) is 12.8 Å². The summed E-state index contributed by atoms with van der Waals surface area (Å²) < 4.78 is 5.36. The molecule has 0 radical (unpaired) electrons. The van der Waals surface area contributed by atoms with Gasteiger partial charge in [-0.15, -0.1) is 0 Å². The zero-order valence-electron chi connectivity index (χ0n) is 9.08. The van der Waals surface area contributed by atoms with Gasteiger partial charge in [-0.1, -0.05) is 13.8 Å². The van der Waals surface area contributed by atoms with Crippen molar-refractivity contribution in [3.8, 4) is 0 Å². The van der Waals surface area contributed by atoms with Gasteiger partial charge in [0.25, 0.3) is 0 Å². The van der Waals surface area contributed by atoms with Crippen molar-refractivity contribution in [2.45, 2.75) is 45.3 Å². The second-order valence-corrected chi connectivity index (χ2v) is 3.94. The molecule has 0 aliphatic carbocycles. The summed E-state index contributed by atoms with van der Waals surface area (Å²) in [6, 6.07) is 0. The number of methoxy groups -OCH3 is 1. The minimum absolute atomic E-state index is 0.0647. The molecule has 0 aromatic heterocycles. The van der Waals surface area contributed by atoms with Crippen LogP contribution in [0.25, 0.3) is 0 Å². The first-order valence-electron chi connectivity index (χ1n) is 4.83. The molecule has 2 N–H and O–H groups in total. The van der Waals surface area contributed by atoms with Crippen LogP contribution in [0.4, 0.5) is 0 Å². The van der Waals surface area contributed by atoms with Crippen LogP contribution in [0.15, 0.2) is 0 Å². The van der Waals surface area contributed by atoms with Gasteiger partial charge in [0.2, 0.25) is 0 Å². The first kappa shape index (κ1) is 12.9. The van der Waals surface area contributed by atoms with Crippen molar-refractivity contribution in [3.05, 3.63) is 0 Å². The minimum atomic E-state index is -0.638. The van der Waals surface area contributed by atoms with Crippen molar-refractivity contribution >= 4 is 0 Å². The van der Waals surface area contributed by atoms with Crippen LogP contribution in [-0.2, 0) is 4.74 Å². The molecule has 0 heterocycles. The number of aliphatic hydroxyl groups excluding tert-OH is 2. The van der Waals surface area contributed by atoms with Crippen molar-refractivity contribution in [2.24, 2.45) is 5.92 Å². The summed E-state index contributed by atoms with van der Waals surface area (Å²) in [5.74, 6) is 0.0647. The smallest absolute Gasteiger partial charge is 0.0797 e. The fraction of sp³-hybridized carbons (Fsp3) is 1.00. The second-order valence-electron chi connectivity index (χ2n) is 3.94. The Hall–Kier alpha value is -0.120. The van der Waals surface area contributed by atoms with Crippen molar-refractivity contribution in [1.29, 1.82) is 0 Å². The van der Waals surface area contributed by atoms with Gasteiger partial charge in [-0.2, -0.15) is 0 Å². The zero-order chi connectivity index (χ0) is 10.5. The van der Waals surface area contributed by atoms with Crippen LogP contribution >= 0.6 is 0 Å². The lowest BCUT2D eigenvalue weighted by Crippen LogP contribution is -2.34. The van der Waals surface area contributed by atoms with Crippen LogP contribution in [0.2, 0.25) is 0 Å². The quantitative estimate of drug-likeness (QED) is 0.661. The van der Waals surface area contributed by atoms with E-state index in [4.69, 9.17) is 9.84 Å². The van der Waals surface area contributed by atoms with Gasteiger partial charge in [0.05, 0.1) is 18.3 Å². The minimum Gasteiger partial charge on any atom is -0.394 e. The van der Waals surface area contributed by atoms with Crippen LogP contribution < -0.4 is 0 Å². The third-order valence-electron chi connectivity index (χ3n) is 2.84. The van der Waals surface area contributed by atoms with E-state index in [0.29, 0.717) is 0 Å². The van der Waals surface area contributed by atoms with E-state index in [2.05, 4.69) is 6.92 Å². The fourth-order valence-electron chi connectivity index (χ4n) is 1.37. The van der Waals surface area contributed by atoms with Gasteiger partial charge in [-0.25, -0.2) is 0 Å². The zero-order valence-corrected chi connectivity index (χ0v) is 9.08. The summed E-state index contributed by atoms with van der Waals surface area (Å²) in [5.41, 5.74) is -0.185. The first-order valence-corrected chi connectivity index (χ1v) is 4.83. The standard InChI is InChI=1S/C10H22O3/c1-5-10(3,13-4)6-8(2)9(12)7-11/h8-9,11-12H,5-7H2,1-4H3. The molecule has 0 saturated heterocycles. The summed E-state index contributed by atoms with van der Waals surface area (Å²) in [5, 5.41) is 18.1. The van der Waals surface area contributed by atoms with E-state index in [-0.39, 0.29) is 18.1 Å². The van der Waals surface area contributed by atoms with Gasteiger partial charge in [-0.05, 0) is 25.7 Å². The molecule has 0 spiro atoms. The molecule has 80 valence electrons. The summed E-state index contributed by atoms with van der Waals surface area (Å²) in [4.78, 5) is 0. The third-order valence-corrected chi connectivity index (χ3v) is 2.84. The molecule has 3 atom stereocenters. The lowest BCUT2D eigenvalue weighted by molar-refractivity contribution is -0.0407. The summed E-state index contributed by atoms with van der Waals surface area (Å²) in [6.07, 6.45) is 1.04. The first-order chi connectivity index (χ1) is 5.99. The Kier molecular flexibility index (Phi) is 5.53. The Labute approximate surface area is 80.7 Å². The molecule has 3 heteroatoms. The molecule has 3 unspecified atom stereocenters. The van der Waals surface area contributed by atoms with Crippen LogP contribution in [0, 0.1) is 5.92 Å². The molecule has 0 amide bonds. The summed E-state index contributed by atoms with van der Waals surface area (Å²) in [6.45, 7) is 5.83. The molecule has 0 aliphatic rings. The molecule has 0 fully saturated rings. The maximum Gasteiger partial charge on any atom is 0.0797 e. The highest BCUT2D eigenvalue weighted by Crippen LogP contribution is 2.25.